The molecule has 3 aromatic carbocycles. The van der Waals surface area contributed by atoms with Crippen LogP contribution in [-0.2, 0) is 0 Å². The number of aliphatic imine (C=N–C) groups is 1. The number of halogens is 1. The van der Waals surface area contributed by atoms with Gasteiger partial charge in [-0.1, -0.05) is 35.9 Å². The summed E-state index contributed by atoms with van der Waals surface area (Å²) >= 11 is 6.49. The minimum Gasteiger partial charge on any atom is -0.268 e. The number of amides is 1. The van der Waals surface area contributed by atoms with E-state index < -0.39 is 0 Å². The summed E-state index contributed by atoms with van der Waals surface area (Å²) in [7, 11) is 0. The lowest BCUT2D eigenvalue weighted by atomic mass is 9.94. The Morgan fingerprint density at radius 1 is 0.920 bits per heavy atom. The average molecular weight is 347 g/mol. The van der Waals surface area contributed by atoms with E-state index in [-0.39, 0.29) is 5.91 Å². The molecule has 3 aromatic rings. The van der Waals surface area contributed by atoms with E-state index in [0.29, 0.717) is 16.4 Å². The molecule has 122 valence electrons. The number of carbonyl (C=O) groups excluding carboxylic acids is 1. The van der Waals surface area contributed by atoms with Gasteiger partial charge in [0.2, 0.25) is 0 Å². The summed E-state index contributed by atoms with van der Waals surface area (Å²) in [6.07, 6.45) is 0. The molecule has 0 saturated heterocycles. The summed E-state index contributed by atoms with van der Waals surface area (Å²) in [6.45, 7) is 5.92. The molecule has 0 aliphatic carbocycles. The number of carbonyl (C=O) groups is 1. The molecule has 0 aromatic heterocycles. The first-order valence-electron chi connectivity index (χ1n) is 8.25. The number of fused-ring (bicyclic) bond motifs is 4. The van der Waals surface area contributed by atoms with Crippen molar-refractivity contribution < 1.29 is 4.79 Å². The Kier molecular flexibility index (Phi) is 2.76. The largest absolute Gasteiger partial charge is 0.268 e. The molecule has 3 nitrogen and oxygen atoms in total. The van der Waals surface area contributed by atoms with E-state index in [9.17, 15) is 4.79 Å². The highest BCUT2D eigenvalue weighted by molar-refractivity contribution is 6.42. The van der Waals surface area contributed by atoms with E-state index >= 15 is 0 Å². The lowest BCUT2D eigenvalue weighted by molar-refractivity contribution is 0.101. The predicted molar refractivity (Wildman–Crippen MR) is 103 cm³/mol. The minimum atomic E-state index is -0.0433. The van der Waals surface area contributed by atoms with Gasteiger partial charge in [0.1, 0.15) is 5.84 Å². The summed E-state index contributed by atoms with van der Waals surface area (Å²) in [6, 6.07) is 12.1. The van der Waals surface area contributed by atoms with Gasteiger partial charge in [-0.3, -0.25) is 9.69 Å². The molecule has 0 saturated carbocycles. The van der Waals surface area contributed by atoms with Crippen LogP contribution in [-0.4, -0.2) is 11.7 Å². The molecule has 2 heterocycles. The fraction of sp³-hybridized carbons (Fsp3) is 0.143. The van der Waals surface area contributed by atoms with Gasteiger partial charge in [0.05, 0.1) is 16.9 Å². The van der Waals surface area contributed by atoms with Crippen LogP contribution in [0.15, 0.2) is 41.4 Å². The highest BCUT2D eigenvalue weighted by atomic mass is 35.5. The second kappa shape index (κ2) is 4.70. The van der Waals surface area contributed by atoms with Crippen molar-refractivity contribution in [3.05, 3.63) is 69.2 Å². The van der Waals surface area contributed by atoms with Crippen LogP contribution >= 0.6 is 11.6 Å². The van der Waals surface area contributed by atoms with Gasteiger partial charge in [-0.25, -0.2) is 4.99 Å². The Labute approximate surface area is 150 Å². The van der Waals surface area contributed by atoms with Crippen LogP contribution in [0.4, 0.5) is 11.4 Å². The Morgan fingerprint density at radius 3 is 2.40 bits per heavy atom. The Balaban J connectivity index is 1.93. The number of rotatable bonds is 0. The normalized spacial score (nSPS) is 14.6. The molecule has 0 fully saturated rings. The van der Waals surface area contributed by atoms with Crippen LogP contribution in [0.2, 0.25) is 5.02 Å². The zero-order valence-electron chi connectivity index (χ0n) is 14.1. The minimum absolute atomic E-state index is 0.0433. The predicted octanol–water partition coefficient (Wildman–Crippen LogP) is 5.47. The molecular formula is C21H15ClN2O. The molecule has 0 radical (unpaired) electrons. The van der Waals surface area contributed by atoms with Crippen molar-refractivity contribution in [2.45, 2.75) is 20.8 Å². The van der Waals surface area contributed by atoms with Gasteiger partial charge in [-0.05, 0) is 55.0 Å². The third-order valence-electron chi connectivity index (χ3n) is 5.40. The molecule has 2 aliphatic heterocycles. The molecule has 1 amide bonds. The van der Waals surface area contributed by atoms with E-state index in [1.54, 1.807) is 4.90 Å². The van der Waals surface area contributed by atoms with Crippen LogP contribution in [0.5, 0.6) is 0 Å². The molecule has 0 N–H and O–H groups in total. The maximum Gasteiger partial charge on any atom is 0.265 e. The van der Waals surface area contributed by atoms with Crippen molar-refractivity contribution in [3.63, 3.8) is 0 Å². The first kappa shape index (κ1) is 14.7. The number of hydrogen-bond acceptors (Lipinski definition) is 2. The second-order valence-corrected chi connectivity index (χ2v) is 7.05. The van der Waals surface area contributed by atoms with Crippen LogP contribution < -0.4 is 4.90 Å². The molecule has 25 heavy (non-hydrogen) atoms. The summed E-state index contributed by atoms with van der Waals surface area (Å²) < 4.78 is 0. The van der Waals surface area contributed by atoms with Crippen molar-refractivity contribution in [1.29, 1.82) is 0 Å². The fourth-order valence-electron chi connectivity index (χ4n) is 4.01. The van der Waals surface area contributed by atoms with Gasteiger partial charge in [0.25, 0.3) is 5.91 Å². The quantitative estimate of drug-likeness (QED) is 0.531. The number of hydrogen-bond donors (Lipinski definition) is 0. The number of benzene rings is 3. The maximum atomic E-state index is 13.3. The maximum absolute atomic E-state index is 13.3. The highest BCUT2D eigenvalue weighted by Gasteiger charge is 2.41. The van der Waals surface area contributed by atoms with Gasteiger partial charge in [-0.2, -0.15) is 0 Å². The van der Waals surface area contributed by atoms with Crippen molar-refractivity contribution in [1.82, 2.24) is 0 Å². The van der Waals surface area contributed by atoms with E-state index in [4.69, 9.17) is 16.6 Å². The molecule has 5 rings (SSSR count). The topological polar surface area (TPSA) is 32.7 Å². The molecule has 2 aliphatic rings. The summed E-state index contributed by atoms with van der Waals surface area (Å²) in [4.78, 5) is 19.9. The standard InChI is InChI=1S/C21H15ClN2O/c1-10-11(2)19(22)12(3)17-16(10)20-23-14-8-4-6-13-7-5-9-15(18(13)14)24(20)21(17)25/h4-9H,1-3H3. The number of nitrogens with zero attached hydrogens (tertiary/aromatic N) is 2. The van der Waals surface area contributed by atoms with Gasteiger partial charge in [0.15, 0.2) is 0 Å². The monoisotopic (exact) mass is 346 g/mol. The summed E-state index contributed by atoms with van der Waals surface area (Å²) in [5, 5.41) is 2.78. The third-order valence-corrected chi connectivity index (χ3v) is 5.97. The molecule has 0 atom stereocenters. The van der Waals surface area contributed by atoms with E-state index in [1.807, 2.05) is 57.2 Å². The first-order chi connectivity index (χ1) is 12.0. The van der Waals surface area contributed by atoms with Gasteiger partial charge >= 0.3 is 0 Å². The van der Waals surface area contributed by atoms with E-state index in [1.165, 1.54) is 0 Å². The van der Waals surface area contributed by atoms with Gasteiger partial charge < -0.3 is 0 Å². The zero-order chi connectivity index (χ0) is 17.5. The average Bonchev–Trinajstić information content (AvgIpc) is 2.91. The van der Waals surface area contributed by atoms with Crippen LogP contribution in [0.1, 0.15) is 32.6 Å². The smallest absolute Gasteiger partial charge is 0.265 e. The van der Waals surface area contributed by atoms with Crippen molar-refractivity contribution in [3.8, 4) is 0 Å². The molecule has 4 heteroatoms. The summed E-state index contributed by atoms with van der Waals surface area (Å²) in [5.41, 5.74) is 6.25. The highest BCUT2D eigenvalue weighted by Crippen LogP contribution is 2.45. The lowest BCUT2D eigenvalue weighted by Gasteiger charge is -2.24. The van der Waals surface area contributed by atoms with Crippen LogP contribution in [0, 0.1) is 20.8 Å². The van der Waals surface area contributed by atoms with Crippen molar-refractivity contribution in [2.75, 3.05) is 4.90 Å². The molecule has 0 unspecified atom stereocenters. The van der Waals surface area contributed by atoms with Gasteiger partial charge in [-0.15, -0.1) is 0 Å². The molecular weight excluding hydrogens is 332 g/mol. The SMILES string of the molecule is Cc1c(C)c2c(c(C)c1Cl)C(=O)N1C2=Nc2cccc3cccc1c23. The number of amidine groups is 1. The third kappa shape index (κ3) is 1.66. The fourth-order valence-corrected chi connectivity index (χ4v) is 4.25. The van der Waals surface area contributed by atoms with E-state index in [2.05, 4.69) is 0 Å². The molecule has 0 spiro atoms. The molecule has 0 bridgehead atoms. The second-order valence-electron chi connectivity index (χ2n) is 6.67. The van der Waals surface area contributed by atoms with Crippen LogP contribution in [0.3, 0.4) is 0 Å². The Hall–Kier alpha value is -2.65. The van der Waals surface area contributed by atoms with E-state index in [0.717, 1.165) is 44.4 Å². The number of anilines is 1. The Bertz CT molecular complexity index is 1160. The van der Waals surface area contributed by atoms with Gasteiger partial charge in [0, 0.05) is 16.0 Å². The van der Waals surface area contributed by atoms with Crippen LogP contribution in [0.25, 0.3) is 10.8 Å². The lowest BCUT2D eigenvalue weighted by Crippen LogP contribution is -2.31. The first-order valence-corrected chi connectivity index (χ1v) is 8.63. The van der Waals surface area contributed by atoms with Crippen molar-refractivity contribution in [2.24, 2.45) is 4.99 Å². The zero-order valence-corrected chi connectivity index (χ0v) is 14.9. The summed E-state index contributed by atoms with van der Waals surface area (Å²) in [5.74, 6) is 0.671. The van der Waals surface area contributed by atoms with Crippen molar-refractivity contribution >= 4 is 45.5 Å². The Morgan fingerprint density at radius 2 is 1.64 bits per heavy atom.